The molecule has 0 heterocycles. The summed E-state index contributed by atoms with van der Waals surface area (Å²) in [5, 5.41) is 3.62. The molecule has 108 valence electrons. The molecular weight excluding hydrogens is 254 g/mol. The Hall–Kier alpha value is -0.510. The second-order valence-electron chi connectivity index (χ2n) is 4.99. The number of rotatable bonds is 8. The van der Waals surface area contributed by atoms with Gasteiger partial charge in [0.15, 0.2) is 0 Å². The van der Waals surface area contributed by atoms with Gasteiger partial charge in [0, 0.05) is 24.7 Å². The molecule has 0 saturated carbocycles. The van der Waals surface area contributed by atoms with Gasteiger partial charge in [-0.15, -0.1) is 0 Å². The number of hydrogen-bond acceptors (Lipinski definition) is 3. The van der Waals surface area contributed by atoms with Gasteiger partial charge in [0.2, 0.25) is 0 Å². The first-order valence-electron chi connectivity index (χ1n) is 6.98. The second-order valence-corrected chi connectivity index (χ2v) is 6.14. The number of hydrogen-bond donors (Lipinski definition) is 1. The van der Waals surface area contributed by atoms with Crippen LogP contribution < -0.4 is 5.32 Å². The minimum atomic E-state index is 0.437. The maximum atomic E-state index is 5.11. The Morgan fingerprint density at radius 3 is 2.37 bits per heavy atom. The average Bonchev–Trinajstić information content (AvgIpc) is 2.33. The molecule has 1 N–H and O–H groups in total. The summed E-state index contributed by atoms with van der Waals surface area (Å²) in [5.74, 6) is 2.16. The summed E-state index contributed by atoms with van der Waals surface area (Å²) in [5.41, 5.74) is 5.62. The van der Waals surface area contributed by atoms with E-state index in [1.807, 2.05) is 11.8 Å². The normalized spacial score (nSPS) is 12.7. The lowest BCUT2D eigenvalue weighted by atomic mass is 9.95. The van der Waals surface area contributed by atoms with Gasteiger partial charge < -0.3 is 10.1 Å². The fourth-order valence-corrected chi connectivity index (χ4v) is 3.55. The van der Waals surface area contributed by atoms with E-state index >= 15 is 0 Å². The summed E-state index contributed by atoms with van der Waals surface area (Å²) in [4.78, 5) is 0. The summed E-state index contributed by atoms with van der Waals surface area (Å²) in [6.07, 6.45) is 0. The van der Waals surface area contributed by atoms with Crippen molar-refractivity contribution in [3.63, 3.8) is 0 Å². The van der Waals surface area contributed by atoms with Crippen LogP contribution in [-0.2, 0) is 4.74 Å². The first-order valence-corrected chi connectivity index (χ1v) is 8.13. The van der Waals surface area contributed by atoms with Crippen LogP contribution in [0.2, 0.25) is 0 Å². The highest BCUT2D eigenvalue weighted by atomic mass is 32.2. The number of methoxy groups -OCH3 is 1. The lowest BCUT2D eigenvalue weighted by molar-refractivity contribution is 0.218. The number of thioether (sulfide) groups is 1. The molecule has 0 amide bonds. The van der Waals surface area contributed by atoms with Gasteiger partial charge in [-0.1, -0.05) is 24.6 Å². The minimum absolute atomic E-state index is 0.437. The molecule has 19 heavy (non-hydrogen) atoms. The van der Waals surface area contributed by atoms with Crippen LogP contribution in [0.5, 0.6) is 0 Å². The molecule has 0 bridgehead atoms. The van der Waals surface area contributed by atoms with Crippen LogP contribution in [-0.4, -0.2) is 31.8 Å². The maximum Gasteiger partial charge on any atom is 0.0552 e. The standard InChI is InChI=1S/C16H27NOS/c1-6-17-15(11-19-8-7-18-5)16-13(3)9-12(2)10-14(16)4/h9-10,15,17H,6-8,11H2,1-5H3. The van der Waals surface area contributed by atoms with Gasteiger partial charge in [-0.3, -0.25) is 0 Å². The van der Waals surface area contributed by atoms with Crippen LogP contribution >= 0.6 is 11.8 Å². The molecule has 0 aliphatic heterocycles. The molecule has 0 saturated heterocycles. The molecule has 1 rings (SSSR count). The van der Waals surface area contributed by atoms with Crippen molar-refractivity contribution in [3.8, 4) is 0 Å². The van der Waals surface area contributed by atoms with Crippen LogP contribution in [0, 0.1) is 20.8 Å². The lowest BCUT2D eigenvalue weighted by Gasteiger charge is -2.23. The first-order chi connectivity index (χ1) is 9.10. The molecule has 1 aromatic rings. The van der Waals surface area contributed by atoms with Crippen molar-refractivity contribution in [2.45, 2.75) is 33.7 Å². The third kappa shape index (κ3) is 5.17. The van der Waals surface area contributed by atoms with E-state index in [1.54, 1.807) is 7.11 Å². The van der Waals surface area contributed by atoms with Crippen LogP contribution in [0.1, 0.15) is 35.2 Å². The van der Waals surface area contributed by atoms with E-state index in [2.05, 4.69) is 45.1 Å². The quantitative estimate of drug-likeness (QED) is 0.735. The van der Waals surface area contributed by atoms with Gasteiger partial charge >= 0.3 is 0 Å². The highest BCUT2D eigenvalue weighted by Crippen LogP contribution is 2.26. The van der Waals surface area contributed by atoms with Crippen molar-refractivity contribution in [1.82, 2.24) is 5.32 Å². The number of nitrogens with one attached hydrogen (secondary N) is 1. The predicted molar refractivity (Wildman–Crippen MR) is 86.3 cm³/mol. The average molecular weight is 281 g/mol. The Morgan fingerprint density at radius 1 is 1.21 bits per heavy atom. The molecule has 0 spiro atoms. The fraction of sp³-hybridized carbons (Fsp3) is 0.625. The third-order valence-electron chi connectivity index (χ3n) is 3.25. The molecule has 3 heteroatoms. The van der Waals surface area contributed by atoms with Gasteiger partial charge in [0.25, 0.3) is 0 Å². The monoisotopic (exact) mass is 281 g/mol. The van der Waals surface area contributed by atoms with E-state index in [4.69, 9.17) is 4.74 Å². The molecule has 0 aromatic heterocycles. The Labute approximate surface area is 122 Å². The predicted octanol–water partition coefficient (Wildman–Crippen LogP) is 3.64. The fourth-order valence-electron chi connectivity index (χ4n) is 2.57. The Morgan fingerprint density at radius 2 is 1.84 bits per heavy atom. The van der Waals surface area contributed by atoms with E-state index in [0.717, 1.165) is 24.7 Å². The van der Waals surface area contributed by atoms with Crippen LogP contribution in [0.3, 0.4) is 0 Å². The molecule has 2 nitrogen and oxygen atoms in total. The number of aryl methyl sites for hydroxylation is 3. The van der Waals surface area contributed by atoms with Crippen molar-refractivity contribution < 1.29 is 4.74 Å². The van der Waals surface area contributed by atoms with Crippen LogP contribution in [0.4, 0.5) is 0 Å². The minimum Gasteiger partial charge on any atom is -0.384 e. The van der Waals surface area contributed by atoms with E-state index < -0.39 is 0 Å². The highest BCUT2D eigenvalue weighted by Gasteiger charge is 2.15. The van der Waals surface area contributed by atoms with Crippen LogP contribution in [0.25, 0.3) is 0 Å². The van der Waals surface area contributed by atoms with E-state index in [0.29, 0.717) is 6.04 Å². The smallest absolute Gasteiger partial charge is 0.0552 e. The second kappa shape index (κ2) is 8.62. The molecular formula is C16H27NOS. The molecule has 0 aliphatic rings. The Balaban J connectivity index is 2.80. The van der Waals surface area contributed by atoms with Crippen molar-refractivity contribution in [2.24, 2.45) is 0 Å². The zero-order chi connectivity index (χ0) is 14.3. The Kier molecular flexibility index (Phi) is 7.51. The van der Waals surface area contributed by atoms with Gasteiger partial charge in [0.05, 0.1) is 6.61 Å². The largest absolute Gasteiger partial charge is 0.384 e. The number of ether oxygens (including phenoxy) is 1. The molecule has 1 unspecified atom stereocenters. The third-order valence-corrected chi connectivity index (χ3v) is 4.28. The zero-order valence-electron chi connectivity index (χ0n) is 12.9. The summed E-state index contributed by atoms with van der Waals surface area (Å²) in [6, 6.07) is 5.01. The van der Waals surface area contributed by atoms with Crippen LogP contribution in [0.15, 0.2) is 12.1 Å². The molecule has 1 aromatic carbocycles. The molecule has 0 radical (unpaired) electrons. The van der Waals surface area contributed by atoms with Gasteiger partial charge in [-0.2, -0.15) is 11.8 Å². The van der Waals surface area contributed by atoms with Gasteiger partial charge in [0.1, 0.15) is 0 Å². The van der Waals surface area contributed by atoms with Crippen molar-refractivity contribution in [2.75, 3.05) is 31.8 Å². The van der Waals surface area contributed by atoms with Gasteiger partial charge in [-0.05, 0) is 44.0 Å². The Bertz CT molecular complexity index is 369. The summed E-state index contributed by atoms with van der Waals surface area (Å²) in [6.45, 7) is 10.6. The summed E-state index contributed by atoms with van der Waals surface area (Å²) in [7, 11) is 1.76. The summed E-state index contributed by atoms with van der Waals surface area (Å²) < 4.78 is 5.11. The lowest BCUT2D eigenvalue weighted by Crippen LogP contribution is -2.25. The topological polar surface area (TPSA) is 21.3 Å². The maximum absolute atomic E-state index is 5.11. The highest BCUT2D eigenvalue weighted by molar-refractivity contribution is 7.99. The van der Waals surface area contributed by atoms with E-state index in [1.165, 1.54) is 22.3 Å². The first kappa shape index (κ1) is 16.5. The van der Waals surface area contributed by atoms with Crippen molar-refractivity contribution in [1.29, 1.82) is 0 Å². The van der Waals surface area contributed by atoms with Gasteiger partial charge in [-0.25, -0.2) is 0 Å². The van der Waals surface area contributed by atoms with Crippen molar-refractivity contribution >= 4 is 11.8 Å². The molecule has 0 fully saturated rings. The summed E-state index contributed by atoms with van der Waals surface area (Å²) >= 11 is 1.95. The number of benzene rings is 1. The van der Waals surface area contributed by atoms with Crippen molar-refractivity contribution in [3.05, 3.63) is 34.4 Å². The molecule has 0 aliphatic carbocycles. The molecule has 1 atom stereocenters. The SMILES string of the molecule is CCNC(CSCCOC)c1c(C)cc(C)cc1C. The van der Waals surface area contributed by atoms with E-state index in [-0.39, 0.29) is 0 Å². The van der Waals surface area contributed by atoms with E-state index in [9.17, 15) is 0 Å². The zero-order valence-corrected chi connectivity index (χ0v) is 13.7.